The highest BCUT2D eigenvalue weighted by molar-refractivity contribution is 5.84. The monoisotopic (exact) mass is 341 g/mol. The number of para-hydroxylation sites is 1. The van der Waals surface area contributed by atoms with Gasteiger partial charge in [-0.05, 0) is 31.4 Å². The van der Waals surface area contributed by atoms with Crippen LogP contribution in [0.15, 0.2) is 30.3 Å². The first-order valence-electron chi connectivity index (χ1n) is 9.28. The Morgan fingerprint density at radius 2 is 2.04 bits per heavy atom. The molecule has 25 heavy (non-hydrogen) atoms. The highest BCUT2D eigenvalue weighted by atomic mass is 16.2. The lowest BCUT2D eigenvalue weighted by Gasteiger charge is -2.18. The van der Waals surface area contributed by atoms with Gasteiger partial charge in [-0.15, -0.1) is 10.2 Å². The van der Waals surface area contributed by atoms with Gasteiger partial charge >= 0.3 is 0 Å². The van der Waals surface area contributed by atoms with Crippen LogP contribution in [0.4, 0.5) is 5.69 Å². The predicted octanol–water partition coefficient (Wildman–Crippen LogP) is 2.55. The van der Waals surface area contributed by atoms with Crippen molar-refractivity contribution < 1.29 is 4.79 Å². The van der Waals surface area contributed by atoms with E-state index in [2.05, 4.69) is 25.4 Å². The molecule has 2 heterocycles. The minimum absolute atomic E-state index is 0.0296. The lowest BCUT2D eigenvalue weighted by atomic mass is 10.2. The van der Waals surface area contributed by atoms with E-state index >= 15 is 0 Å². The molecular formula is C19H27N5O. The van der Waals surface area contributed by atoms with Crippen LogP contribution in [-0.4, -0.2) is 33.3 Å². The van der Waals surface area contributed by atoms with Crippen molar-refractivity contribution >= 4 is 11.6 Å². The van der Waals surface area contributed by atoms with Crippen LogP contribution < -0.4 is 10.6 Å². The van der Waals surface area contributed by atoms with Crippen molar-refractivity contribution in [2.75, 3.05) is 11.9 Å². The zero-order valence-electron chi connectivity index (χ0n) is 14.9. The maximum Gasteiger partial charge on any atom is 0.242 e. The summed E-state index contributed by atoms with van der Waals surface area (Å²) in [5, 5.41) is 14.9. The van der Waals surface area contributed by atoms with Crippen LogP contribution in [0.3, 0.4) is 0 Å². The van der Waals surface area contributed by atoms with Gasteiger partial charge in [0.2, 0.25) is 5.91 Å². The molecule has 2 N–H and O–H groups in total. The second kappa shape index (κ2) is 8.65. The van der Waals surface area contributed by atoms with Crippen molar-refractivity contribution in [2.45, 2.75) is 58.0 Å². The smallest absolute Gasteiger partial charge is 0.242 e. The Hall–Kier alpha value is -2.37. The van der Waals surface area contributed by atoms with Gasteiger partial charge in [-0.25, -0.2) is 0 Å². The second-order valence-corrected chi connectivity index (χ2v) is 6.51. The first-order valence-corrected chi connectivity index (χ1v) is 9.28. The van der Waals surface area contributed by atoms with E-state index in [1.807, 2.05) is 37.3 Å². The van der Waals surface area contributed by atoms with Crippen LogP contribution in [-0.2, 0) is 24.2 Å². The average Bonchev–Trinajstić information content (AvgIpc) is 2.87. The van der Waals surface area contributed by atoms with Gasteiger partial charge in [-0.2, -0.15) is 0 Å². The van der Waals surface area contributed by atoms with Gasteiger partial charge < -0.3 is 15.2 Å². The fraction of sp³-hybridized carbons (Fsp3) is 0.526. The molecule has 0 saturated carbocycles. The number of nitrogens with zero attached hydrogens (tertiary/aromatic N) is 3. The highest BCUT2D eigenvalue weighted by Gasteiger charge is 2.17. The number of benzene rings is 1. The molecule has 0 bridgehead atoms. The number of aromatic nitrogens is 3. The van der Waals surface area contributed by atoms with E-state index in [4.69, 9.17) is 0 Å². The van der Waals surface area contributed by atoms with Crippen molar-refractivity contribution in [1.82, 2.24) is 20.1 Å². The summed E-state index contributed by atoms with van der Waals surface area (Å²) in [6.45, 7) is 3.60. The molecule has 0 saturated heterocycles. The molecule has 0 radical (unpaired) electrons. The molecular weight excluding hydrogens is 314 g/mol. The molecule has 134 valence electrons. The van der Waals surface area contributed by atoms with Crippen LogP contribution in [0, 0.1) is 0 Å². The van der Waals surface area contributed by atoms with Crippen LogP contribution in [0.1, 0.15) is 44.3 Å². The lowest BCUT2D eigenvalue weighted by molar-refractivity contribution is -0.121. The summed E-state index contributed by atoms with van der Waals surface area (Å²) >= 11 is 0. The molecule has 0 fully saturated rings. The number of fused-ring (bicyclic) bond motifs is 1. The van der Waals surface area contributed by atoms with Gasteiger partial charge in [0.05, 0.1) is 0 Å². The van der Waals surface area contributed by atoms with Gasteiger partial charge in [0, 0.05) is 31.6 Å². The second-order valence-electron chi connectivity index (χ2n) is 6.51. The molecule has 1 aromatic carbocycles. The van der Waals surface area contributed by atoms with Gasteiger partial charge in [0.25, 0.3) is 0 Å². The van der Waals surface area contributed by atoms with Crippen molar-refractivity contribution in [2.24, 2.45) is 0 Å². The molecule has 2 aromatic rings. The average molecular weight is 341 g/mol. The normalized spacial score (nSPS) is 15.1. The Labute approximate surface area is 149 Å². The van der Waals surface area contributed by atoms with E-state index < -0.39 is 0 Å². The largest absolute Gasteiger partial charge is 0.374 e. The molecule has 1 aromatic heterocycles. The summed E-state index contributed by atoms with van der Waals surface area (Å²) in [6.07, 6.45) is 6.10. The Balaban J connectivity index is 1.51. The first kappa shape index (κ1) is 17.5. The van der Waals surface area contributed by atoms with Crippen molar-refractivity contribution in [3.05, 3.63) is 42.0 Å². The third-order valence-electron chi connectivity index (χ3n) is 4.67. The van der Waals surface area contributed by atoms with Crippen molar-refractivity contribution in [3.63, 3.8) is 0 Å². The van der Waals surface area contributed by atoms with Crippen molar-refractivity contribution in [3.8, 4) is 0 Å². The fourth-order valence-corrected chi connectivity index (χ4v) is 3.24. The van der Waals surface area contributed by atoms with Gasteiger partial charge in [0.15, 0.2) is 0 Å². The number of anilines is 1. The summed E-state index contributed by atoms with van der Waals surface area (Å²) in [5.41, 5.74) is 0.965. The molecule has 1 aliphatic rings. The molecule has 1 amide bonds. The number of hydrogen-bond donors (Lipinski definition) is 2. The standard InChI is InChI=1S/C19H27N5O/c1-2-16(21-15-9-5-3-6-10-15)19(25)20-13-12-18-23-22-17-11-7-4-8-14-24(17)18/h3,5-6,9-10,16,21H,2,4,7-8,11-14H2,1H3,(H,20,25). The molecule has 0 spiro atoms. The number of nitrogens with one attached hydrogen (secondary N) is 2. The highest BCUT2D eigenvalue weighted by Crippen LogP contribution is 2.14. The Bertz CT molecular complexity index is 682. The summed E-state index contributed by atoms with van der Waals surface area (Å²) in [4.78, 5) is 12.4. The predicted molar refractivity (Wildman–Crippen MR) is 98.4 cm³/mol. The number of carbonyl (C=O) groups excluding carboxylic acids is 1. The molecule has 1 atom stereocenters. The van der Waals surface area contributed by atoms with Crippen LogP contribution in [0.25, 0.3) is 0 Å². The quantitative estimate of drug-likeness (QED) is 0.812. The van der Waals surface area contributed by atoms with E-state index in [9.17, 15) is 4.79 Å². The van der Waals surface area contributed by atoms with Gasteiger partial charge in [-0.1, -0.05) is 31.5 Å². The topological polar surface area (TPSA) is 71.8 Å². The van der Waals surface area contributed by atoms with Crippen LogP contribution >= 0.6 is 0 Å². The molecule has 0 aliphatic carbocycles. The van der Waals surface area contributed by atoms with E-state index in [0.717, 1.165) is 43.1 Å². The first-order chi connectivity index (χ1) is 12.3. The summed E-state index contributed by atoms with van der Waals surface area (Å²) in [5.74, 6) is 2.11. The number of carbonyl (C=O) groups is 1. The van der Waals surface area contributed by atoms with E-state index in [1.54, 1.807) is 0 Å². The van der Waals surface area contributed by atoms with Crippen LogP contribution in [0.2, 0.25) is 0 Å². The number of rotatable bonds is 7. The molecule has 6 nitrogen and oxygen atoms in total. The molecule has 1 unspecified atom stereocenters. The summed E-state index contributed by atoms with van der Waals surface area (Å²) in [6, 6.07) is 9.61. The van der Waals surface area contributed by atoms with Crippen LogP contribution in [0.5, 0.6) is 0 Å². The Morgan fingerprint density at radius 3 is 2.84 bits per heavy atom. The lowest BCUT2D eigenvalue weighted by Crippen LogP contribution is -2.40. The minimum Gasteiger partial charge on any atom is -0.374 e. The van der Waals surface area contributed by atoms with Gasteiger partial charge in [0.1, 0.15) is 17.7 Å². The molecule has 1 aliphatic heterocycles. The zero-order chi connectivity index (χ0) is 17.5. The van der Waals surface area contributed by atoms with E-state index in [-0.39, 0.29) is 11.9 Å². The summed E-state index contributed by atoms with van der Waals surface area (Å²) < 4.78 is 2.23. The number of aryl methyl sites for hydroxylation is 1. The maximum absolute atomic E-state index is 12.4. The van der Waals surface area contributed by atoms with Crippen molar-refractivity contribution in [1.29, 1.82) is 0 Å². The third-order valence-corrected chi connectivity index (χ3v) is 4.67. The van der Waals surface area contributed by atoms with E-state index in [1.165, 1.54) is 19.3 Å². The van der Waals surface area contributed by atoms with Gasteiger partial charge in [-0.3, -0.25) is 4.79 Å². The maximum atomic E-state index is 12.4. The third kappa shape index (κ3) is 4.59. The SMILES string of the molecule is CCC(Nc1ccccc1)C(=O)NCCc1nnc2n1CCCCC2. The zero-order valence-corrected chi connectivity index (χ0v) is 14.9. The minimum atomic E-state index is -0.224. The Kier molecular flexibility index (Phi) is 6.04. The number of hydrogen-bond acceptors (Lipinski definition) is 4. The summed E-state index contributed by atoms with van der Waals surface area (Å²) in [7, 11) is 0. The Morgan fingerprint density at radius 1 is 1.20 bits per heavy atom. The molecule has 3 rings (SSSR count). The van der Waals surface area contributed by atoms with E-state index in [0.29, 0.717) is 6.54 Å². The number of amides is 1. The molecule has 6 heteroatoms. The fourth-order valence-electron chi connectivity index (χ4n) is 3.24.